The van der Waals surface area contributed by atoms with Crippen molar-refractivity contribution in [1.82, 2.24) is 15.2 Å². The summed E-state index contributed by atoms with van der Waals surface area (Å²) >= 11 is -1.41. The standard InChI is InChI=1S/C11H10N4O2S/c16-18-14-10(13-15-18)7-17-9-5-1-3-8-4-2-6-12-11(8)9/h1-6,15H,7H2,(H,13,14). The number of benzene rings is 1. The van der Waals surface area contributed by atoms with Gasteiger partial charge in [0.15, 0.2) is 5.84 Å². The highest BCUT2D eigenvalue weighted by Crippen LogP contribution is 2.22. The minimum atomic E-state index is -1.41. The lowest BCUT2D eigenvalue weighted by Gasteiger charge is -2.07. The van der Waals surface area contributed by atoms with Gasteiger partial charge < -0.3 is 4.74 Å². The number of hydrazine groups is 1. The lowest BCUT2D eigenvalue weighted by Crippen LogP contribution is -2.33. The molecule has 92 valence electrons. The fourth-order valence-corrected chi connectivity index (χ4v) is 2.20. The largest absolute Gasteiger partial charge is 0.483 e. The van der Waals surface area contributed by atoms with E-state index in [2.05, 4.69) is 19.6 Å². The smallest absolute Gasteiger partial charge is 0.236 e. The topological polar surface area (TPSA) is 75.6 Å². The van der Waals surface area contributed by atoms with Gasteiger partial charge in [-0.2, -0.15) is 4.40 Å². The molecular formula is C11H10N4O2S. The molecule has 6 nitrogen and oxygen atoms in total. The van der Waals surface area contributed by atoms with Crippen molar-refractivity contribution in [1.29, 1.82) is 0 Å². The zero-order valence-corrected chi connectivity index (χ0v) is 10.1. The molecule has 0 amide bonds. The number of nitrogens with one attached hydrogen (secondary N) is 2. The maximum Gasteiger partial charge on any atom is 0.236 e. The molecule has 0 spiro atoms. The van der Waals surface area contributed by atoms with Crippen LogP contribution in [0.5, 0.6) is 5.75 Å². The van der Waals surface area contributed by atoms with Gasteiger partial charge in [-0.3, -0.25) is 10.4 Å². The van der Waals surface area contributed by atoms with Gasteiger partial charge in [-0.15, -0.1) is 4.83 Å². The maximum atomic E-state index is 11.0. The quantitative estimate of drug-likeness (QED) is 0.853. The first-order chi connectivity index (χ1) is 8.83. The summed E-state index contributed by atoms with van der Waals surface area (Å²) in [6, 6.07) is 9.56. The van der Waals surface area contributed by atoms with Crippen LogP contribution in [0.1, 0.15) is 0 Å². The Hall–Kier alpha value is -1.99. The lowest BCUT2D eigenvalue weighted by molar-refractivity contribution is 0.376. The van der Waals surface area contributed by atoms with Crippen LogP contribution in [0.15, 0.2) is 40.9 Å². The van der Waals surface area contributed by atoms with Crippen molar-refractivity contribution in [2.45, 2.75) is 0 Å². The van der Waals surface area contributed by atoms with Gasteiger partial charge in [-0.05, 0) is 12.1 Å². The SMILES string of the molecule is O=S1N=C(COc2cccc3cccnc23)NN1. The van der Waals surface area contributed by atoms with Crippen molar-refractivity contribution in [2.75, 3.05) is 6.61 Å². The zero-order chi connectivity index (χ0) is 12.4. The Bertz CT molecular complexity index is 638. The molecule has 7 heteroatoms. The molecule has 0 saturated heterocycles. The van der Waals surface area contributed by atoms with E-state index in [1.54, 1.807) is 6.20 Å². The van der Waals surface area contributed by atoms with Gasteiger partial charge >= 0.3 is 0 Å². The molecule has 1 aliphatic rings. The van der Waals surface area contributed by atoms with E-state index < -0.39 is 11.2 Å². The van der Waals surface area contributed by atoms with Crippen LogP contribution in [0, 0.1) is 0 Å². The fraction of sp³-hybridized carbons (Fsp3) is 0.0909. The second-order valence-electron chi connectivity index (χ2n) is 3.63. The average Bonchev–Trinajstić information content (AvgIpc) is 2.82. The molecule has 2 heterocycles. The Morgan fingerprint density at radius 3 is 3.00 bits per heavy atom. The van der Waals surface area contributed by atoms with Crippen LogP contribution in [0.4, 0.5) is 0 Å². The Morgan fingerprint density at radius 2 is 2.17 bits per heavy atom. The third-order valence-electron chi connectivity index (χ3n) is 2.44. The van der Waals surface area contributed by atoms with Crippen molar-refractivity contribution in [3.05, 3.63) is 36.5 Å². The molecule has 1 unspecified atom stereocenters. The summed E-state index contributed by atoms with van der Waals surface area (Å²) in [5.41, 5.74) is 3.48. The van der Waals surface area contributed by atoms with Crippen LogP contribution in [0.3, 0.4) is 0 Å². The predicted octanol–water partition coefficient (Wildman–Crippen LogP) is 0.699. The van der Waals surface area contributed by atoms with Crippen molar-refractivity contribution < 1.29 is 8.95 Å². The molecule has 0 bridgehead atoms. The number of para-hydroxylation sites is 1. The summed E-state index contributed by atoms with van der Waals surface area (Å²) in [4.78, 5) is 6.75. The highest BCUT2D eigenvalue weighted by Gasteiger charge is 2.12. The second-order valence-corrected chi connectivity index (χ2v) is 4.52. The summed E-state index contributed by atoms with van der Waals surface area (Å²) in [6.45, 7) is 0.217. The number of fused-ring (bicyclic) bond motifs is 1. The molecular weight excluding hydrogens is 252 g/mol. The molecule has 0 radical (unpaired) electrons. The van der Waals surface area contributed by atoms with Gasteiger partial charge in [-0.1, -0.05) is 18.2 Å². The number of aromatic nitrogens is 1. The third-order valence-corrected chi connectivity index (χ3v) is 3.10. The average molecular weight is 262 g/mol. The van der Waals surface area contributed by atoms with E-state index in [0.717, 1.165) is 10.9 Å². The summed E-state index contributed by atoms with van der Waals surface area (Å²) in [5.74, 6) is 1.18. The summed E-state index contributed by atoms with van der Waals surface area (Å²) < 4.78 is 20.4. The molecule has 1 aromatic carbocycles. The predicted molar refractivity (Wildman–Crippen MR) is 69.1 cm³/mol. The Balaban J connectivity index is 1.83. The highest BCUT2D eigenvalue weighted by atomic mass is 32.2. The molecule has 18 heavy (non-hydrogen) atoms. The molecule has 0 aliphatic carbocycles. The van der Waals surface area contributed by atoms with Gasteiger partial charge in [0.05, 0.1) is 0 Å². The molecule has 3 rings (SSSR count). The van der Waals surface area contributed by atoms with Gasteiger partial charge in [0.1, 0.15) is 17.9 Å². The number of hydrogen-bond donors (Lipinski definition) is 2. The normalized spacial score (nSPS) is 18.4. The summed E-state index contributed by atoms with van der Waals surface area (Å²) in [6.07, 6.45) is 1.72. The first-order valence-corrected chi connectivity index (χ1v) is 6.41. The van der Waals surface area contributed by atoms with E-state index in [1.165, 1.54) is 0 Å². The third kappa shape index (κ3) is 2.18. The van der Waals surface area contributed by atoms with Crippen LogP contribution in [-0.2, 0) is 11.2 Å². The van der Waals surface area contributed by atoms with E-state index in [9.17, 15) is 4.21 Å². The summed E-state index contributed by atoms with van der Waals surface area (Å²) in [5, 5.41) is 1.01. The van der Waals surface area contributed by atoms with Gasteiger partial charge in [-0.25, -0.2) is 4.21 Å². The van der Waals surface area contributed by atoms with Crippen molar-refractivity contribution in [2.24, 2.45) is 4.40 Å². The Labute approximate surface area is 106 Å². The van der Waals surface area contributed by atoms with E-state index in [4.69, 9.17) is 4.74 Å². The number of pyridine rings is 1. The van der Waals surface area contributed by atoms with Crippen LogP contribution in [0.25, 0.3) is 10.9 Å². The number of nitrogens with zero attached hydrogens (tertiary/aromatic N) is 2. The first kappa shape index (κ1) is 11.1. The molecule has 2 N–H and O–H groups in total. The Morgan fingerprint density at radius 1 is 1.28 bits per heavy atom. The highest BCUT2D eigenvalue weighted by molar-refractivity contribution is 7.82. The molecule has 2 aromatic rings. The molecule has 1 aliphatic heterocycles. The molecule has 0 fully saturated rings. The van der Waals surface area contributed by atoms with E-state index in [-0.39, 0.29) is 6.61 Å². The number of rotatable bonds is 3. The summed E-state index contributed by atoms with van der Waals surface area (Å²) in [7, 11) is 0. The van der Waals surface area contributed by atoms with Crippen molar-refractivity contribution in [3.8, 4) is 5.75 Å². The fourth-order valence-electron chi connectivity index (χ4n) is 1.65. The van der Waals surface area contributed by atoms with Crippen LogP contribution in [0.2, 0.25) is 0 Å². The maximum absolute atomic E-state index is 11.0. The van der Waals surface area contributed by atoms with E-state index in [1.807, 2.05) is 30.3 Å². The van der Waals surface area contributed by atoms with Crippen LogP contribution in [-0.4, -0.2) is 21.6 Å². The molecule has 1 aromatic heterocycles. The molecule has 1 atom stereocenters. The monoisotopic (exact) mass is 262 g/mol. The second kappa shape index (κ2) is 4.71. The van der Waals surface area contributed by atoms with Gasteiger partial charge in [0.2, 0.25) is 11.2 Å². The number of ether oxygens (including phenoxy) is 1. The lowest BCUT2D eigenvalue weighted by atomic mass is 10.2. The van der Waals surface area contributed by atoms with Crippen LogP contribution >= 0.6 is 0 Å². The number of hydrogen-bond acceptors (Lipinski definition) is 4. The van der Waals surface area contributed by atoms with Gasteiger partial charge in [0.25, 0.3) is 0 Å². The van der Waals surface area contributed by atoms with E-state index in [0.29, 0.717) is 11.6 Å². The van der Waals surface area contributed by atoms with E-state index >= 15 is 0 Å². The van der Waals surface area contributed by atoms with Crippen LogP contribution < -0.4 is 15.0 Å². The molecule has 0 saturated carbocycles. The van der Waals surface area contributed by atoms with Crippen molar-refractivity contribution >= 4 is 27.9 Å². The van der Waals surface area contributed by atoms with Crippen molar-refractivity contribution in [3.63, 3.8) is 0 Å². The zero-order valence-electron chi connectivity index (χ0n) is 9.29. The minimum absolute atomic E-state index is 0.217. The number of amidine groups is 1. The Kier molecular flexibility index (Phi) is 2.91. The van der Waals surface area contributed by atoms with Gasteiger partial charge in [0, 0.05) is 11.6 Å². The minimum Gasteiger partial charge on any atom is -0.483 e. The first-order valence-electron chi connectivity index (χ1n) is 5.30.